The number of sulfonamides is 1. The first-order valence-corrected chi connectivity index (χ1v) is 16.0. The summed E-state index contributed by atoms with van der Waals surface area (Å²) in [4.78, 5) is 33.7. The summed E-state index contributed by atoms with van der Waals surface area (Å²) in [5.41, 5.74) is 4.54. The zero-order valence-corrected chi connectivity index (χ0v) is 25.9. The van der Waals surface area contributed by atoms with E-state index < -0.39 is 16.0 Å². The molecule has 2 saturated heterocycles. The third-order valence-electron chi connectivity index (χ3n) is 7.57. The van der Waals surface area contributed by atoms with Crippen molar-refractivity contribution in [3.05, 3.63) is 76.5 Å². The highest BCUT2D eigenvalue weighted by Crippen LogP contribution is 2.44. The van der Waals surface area contributed by atoms with Gasteiger partial charge in [-0.1, -0.05) is 23.8 Å². The van der Waals surface area contributed by atoms with E-state index in [1.54, 1.807) is 33.6 Å². The summed E-state index contributed by atoms with van der Waals surface area (Å²) in [6, 6.07) is 12.6. The highest BCUT2D eigenvalue weighted by molar-refractivity contribution is 8.00. The van der Waals surface area contributed by atoms with Crippen LogP contribution in [0.15, 0.2) is 53.6 Å². The van der Waals surface area contributed by atoms with Crippen LogP contribution < -0.4 is 14.5 Å². The number of rotatable bonds is 7. The number of amides is 1. The van der Waals surface area contributed by atoms with Gasteiger partial charge < -0.3 is 14.4 Å². The first kappa shape index (κ1) is 29.9. The molecule has 1 atom stereocenters. The van der Waals surface area contributed by atoms with Crippen molar-refractivity contribution in [1.82, 2.24) is 9.29 Å². The van der Waals surface area contributed by atoms with Gasteiger partial charge in [-0.15, -0.1) is 11.8 Å². The molecular weight excluding hydrogens is 576 g/mol. The van der Waals surface area contributed by atoms with Gasteiger partial charge in [0.15, 0.2) is 0 Å². The van der Waals surface area contributed by atoms with Gasteiger partial charge in [0, 0.05) is 31.7 Å². The van der Waals surface area contributed by atoms with Gasteiger partial charge >= 0.3 is 5.97 Å². The molecule has 222 valence electrons. The van der Waals surface area contributed by atoms with Crippen LogP contribution in [0.2, 0.25) is 0 Å². The number of hydrogen-bond acceptors (Lipinski definition) is 9. The van der Waals surface area contributed by atoms with E-state index in [0.29, 0.717) is 48.2 Å². The Morgan fingerprint density at radius 3 is 2.26 bits per heavy atom. The monoisotopic (exact) mass is 610 g/mol. The number of carbonyl (C=O) groups is 2. The van der Waals surface area contributed by atoms with Crippen LogP contribution in [0.25, 0.3) is 0 Å². The zero-order valence-electron chi connectivity index (χ0n) is 24.3. The molecule has 0 spiro atoms. The second-order valence-corrected chi connectivity index (χ2v) is 13.3. The molecule has 2 aromatic carbocycles. The van der Waals surface area contributed by atoms with Crippen molar-refractivity contribution >= 4 is 45.2 Å². The van der Waals surface area contributed by atoms with Gasteiger partial charge in [0.25, 0.3) is 0 Å². The van der Waals surface area contributed by atoms with Crippen LogP contribution in [0.3, 0.4) is 0 Å². The lowest BCUT2D eigenvalue weighted by Gasteiger charge is -2.36. The number of esters is 1. The minimum absolute atomic E-state index is 0.0788. The average molecular weight is 611 g/mol. The third-order valence-corrected chi connectivity index (χ3v) is 11.0. The fourth-order valence-electron chi connectivity index (χ4n) is 5.66. The summed E-state index contributed by atoms with van der Waals surface area (Å²) < 4.78 is 38.9. The van der Waals surface area contributed by atoms with Gasteiger partial charge in [-0.05, 0) is 56.2 Å². The van der Waals surface area contributed by atoms with Crippen LogP contribution in [0, 0.1) is 20.8 Å². The Morgan fingerprint density at radius 1 is 0.976 bits per heavy atom. The van der Waals surface area contributed by atoms with Gasteiger partial charge in [-0.25, -0.2) is 18.2 Å². The molecule has 2 aliphatic heterocycles. The maximum absolute atomic E-state index is 13.5. The van der Waals surface area contributed by atoms with Crippen molar-refractivity contribution < 1.29 is 27.5 Å². The maximum Gasteiger partial charge on any atom is 0.337 e. The van der Waals surface area contributed by atoms with Crippen molar-refractivity contribution in [3.63, 3.8) is 0 Å². The minimum atomic E-state index is -3.61. The molecular formula is C30H34N4O6S2. The molecule has 0 aliphatic carbocycles. The van der Waals surface area contributed by atoms with Crippen LogP contribution in [0.1, 0.15) is 38.0 Å². The van der Waals surface area contributed by atoms with Gasteiger partial charge in [-0.3, -0.25) is 9.69 Å². The normalized spacial score (nSPS) is 17.9. The Hall–Kier alpha value is -3.61. The number of benzene rings is 2. The molecule has 0 radical (unpaired) electrons. The second-order valence-electron chi connectivity index (χ2n) is 10.4. The van der Waals surface area contributed by atoms with Crippen LogP contribution >= 0.6 is 11.8 Å². The molecule has 0 N–H and O–H groups in total. The molecule has 1 amide bonds. The topological polar surface area (TPSA) is 109 Å². The number of nitrogens with zero attached hydrogens (tertiary/aromatic N) is 4. The van der Waals surface area contributed by atoms with E-state index in [4.69, 9.17) is 9.47 Å². The number of pyridine rings is 1. The molecule has 42 heavy (non-hydrogen) atoms. The van der Waals surface area contributed by atoms with Gasteiger partial charge in [0.2, 0.25) is 15.9 Å². The van der Waals surface area contributed by atoms with E-state index in [1.165, 1.54) is 26.0 Å². The lowest BCUT2D eigenvalue weighted by molar-refractivity contribution is -0.115. The zero-order chi connectivity index (χ0) is 30.2. The SMILES string of the molecule is COC(=O)c1ccc(C2SCC(=O)N2c2ccc(N3CCN(S(=O)(=O)c4c(C)cc(C)cc4C)CC3)cn2)c(OC)c1. The summed E-state index contributed by atoms with van der Waals surface area (Å²) in [7, 11) is -0.768. The van der Waals surface area contributed by atoms with Crippen molar-refractivity contribution in [3.8, 4) is 5.75 Å². The summed E-state index contributed by atoms with van der Waals surface area (Å²) in [6.45, 7) is 7.43. The number of ether oxygens (including phenoxy) is 2. The van der Waals surface area contributed by atoms with Crippen molar-refractivity contribution in [1.29, 1.82) is 0 Å². The predicted molar refractivity (Wildman–Crippen MR) is 163 cm³/mol. The molecule has 12 heteroatoms. The average Bonchev–Trinajstić information content (AvgIpc) is 3.36. The number of thioether (sulfide) groups is 1. The van der Waals surface area contributed by atoms with Gasteiger partial charge in [-0.2, -0.15) is 4.31 Å². The first-order chi connectivity index (χ1) is 20.0. The second kappa shape index (κ2) is 11.9. The highest BCUT2D eigenvalue weighted by atomic mass is 32.2. The first-order valence-electron chi connectivity index (χ1n) is 13.5. The van der Waals surface area contributed by atoms with E-state index in [2.05, 4.69) is 9.88 Å². The largest absolute Gasteiger partial charge is 0.496 e. The molecule has 5 rings (SSSR count). The van der Waals surface area contributed by atoms with Gasteiger partial charge in [0.05, 0.1) is 42.3 Å². The number of carbonyl (C=O) groups excluding carboxylic acids is 2. The van der Waals surface area contributed by atoms with Crippen LogP contribution in [-0.2, 0) is 19.6 Å². The number of aryl methyl sites for hydroxylation is 3. The molecule has 2 fully saturated rings. The van der Waals surface area contributed by atoms with E-state index in [9.17, 15) is 18.0 Å². The summed E-state index contributed by atoms with van der Waals surface area (Å²) in [6.07, 6.45) is 1.72. The molecule has 2 aliphatic rings. The van der Waals surface area contributed by atoms with E-state index in [0.717, 1.165) is 27.9 Å². The standard InChI is InChI=1S/C30H34N4O6S2/c1-19-14-20(2)28(21(3)15-19)42(37,38)33-12-10-32(11-13-33)23-7-9-26(31-17-23)34-27(35)18-41-29(34)24-8-6-22(30(36)40-5)16-25(24)39-4/h6-9,14-17,29H,10-13,18H2,1-5H3. The molecule has 3 heterocycles. The van der Waals surface area contributed by atoms with E-state index in [1.807, 2.05) is 45.0 Å². The molecule has 1 unspecified atom stereocenters. The molecule has 0 bridgehead atoms. The quantitative estimate of drug-likeness (QED) is 0.366. The Bertz CT molecular complexity index is 1600. The molecule has 0 saturated carbocycles. The smallest absolute Gasteiger partial charge is 0.337 e. The Labute approximate surface area is 250 Å². The third kappa shape index (κ3) is 5.58. The highest BCUT2D eigenvalue weighted by Gasteiger charge is 2.37. The summed E-state index contributed by atoms with van der Waals surface area (Å²) in [5, 5.41) is -0.375. The summed E-state index contributed by atoms with van der Waals surface area (Å²) in [5.74, 6) is 0.722. The minimum Gasteiger partial charge on any atom is -0.496 e. The van der Waals surface area contributed by atoms with Crippen molar-refractivity contribution in [2.45, 2.75) is 31.0 Å². The summed E-state index contributed by atoms with van der Waals surface area (Å²) >= 11 is 1.46. The van der Waals surface area contributed by atoms with Crippen LogP contribution in [-0.4, -0.2) is 75.7 Å². The number of methoxy groups -OCH3 is 2. The Balaban J connectivity index is 1.31. The van der Waals surface area contributed by atoms with Crippen LogP contribution in [0.5, 0.6) is 5.75 Å². The number of anilines is 2. The number of piperazine rings is 1. The van der Waals surface area contributed by atoms with Crippen molar-refractivity contribution in [2.75, 3.05) is 56.0 Å². The lowest BCUT2D eigenvalue weighted by atomic mass is 10.1. The lowest BCUT2D eigenvalue weighted by Crippen LogP contribution is -2.49. The van der Waals surface area contributed by atoms with Crippen molar-refractivity contribution in [2.24, 2.45) is 0 Å². The molecule has 10 nitrogen and oxygen atoms in total. The van der Waals surface area contributed by atoms with E-state index in [-0.39, 0.29) is 17.0 Å². The van der Waals surface area contributed by atoms with Crippen LogP contribution in [0.4, 0.5) is 11.5 Å². The number of hydrogen-bond donors (Lipinski definition) is 0. The van der Waals surface area contributed by atoms with Gasteiger partial charge in [0.1, 0.15) is 16.9 Å². The maximum atomic E-state index is 13.5. The number of aromatic nitrogens is 1. The van der Waals surface area contributed by atoms with E-state index >= 15 is 0 Å². The fourth-order valence-corrected chi connectivity index (χ4v) is 8.68. The molecule has 3 aromatic rings. The molecule has 1 aromatic heterocycles. The Kier molecular flexibility index (Phi) is 8.49. The Morgan fingerprint density at radius 2 is 1.67 bits per heavy atom. The fraction of sp³-hybridized carbons (Fsp3) is 0.367. The predicted octanol–water partition coefficient (Wildman–Crippen LogP) is 4.09.